The summed E-state index contributed by atoms with van der Waals surface area (Å²) in [4.78, 5) is 28.0. The molecule has 0 saturated heterocycles. The van der Waals surface area contributed by atoms with Crippen molar-refractivity contribution in [2.75, 3.05) is 5.32 Å². The molecule has 4 rings (SSSR count). The molecule has 138 valence electrons. The highest BCUT2D eigenvalue weighted by Gasteiger charge is 2.28. The lowest BCUT2D eigenvalue weighted by Gasteiger charge is -2.10. The Morgan fingerprint density at radius 1 is 1.30 bits per heavy atom. The van der Waals surface area contributed by atoms with Crippen LogP contribution in [0, 0.1) is 10.1 Å². The number of nitrogens with one attached hydrogen (secondary N) is 1. The number of pyridine rings is 1. The van der Waals surface area contributed by atoms with E-state index in [2.05, 4.69) is 10.4 Å². The average molecular weight is 365 g/mol. The van der Waals surface area contributed by atoms with Crippen molar-refractivity contribution in [1.29, 1.82) is 0 Å². The van der Waals surface area contributed by atoms with Crippen molar-refractivity contribution in [3.05, 3.63) is 57.9 Å². The molecule has 1 fully saturated rings. The van der Waals surface area contributed by atoms with E-state index < -0.39 is 4.92 Å². The normalized spacial score (nSPS) is 13.9. The molecule has 2 heterocycles. The van der Waals surface area contributed by atoms with Gasteiger partial charge in [-0.2, -0.15) is 5.10 Å². The van der Waals surface area contributed by atoms with Crippen molar-refractivity contribution in [2.24, 2.45) is 0 Å². The maximum absolute atomic E-state index is 12.9. The van der Waals surface area contributed by atoms with Crippen LogP contribution in [0.1, 0.15) is 54.7 Å². The Morgan fingerprint density at radius 3 is 2.59 bits per heavy atom. The third-order valence-corrected chi connectivity index (χ3v) is 4.65. The van der Waals surface area contributed by atoms with Crippen LogP contribution in [0.4, 0.5) is 11.4 Å². The van der Waals surface area contributed by atoms with E-state index >= 15 is 0 Å². The zero-order valence-electron chi connectivity index (χ0n) is 15.0. The molecule has 3 aromatic rings. The Bertz CT molecular complexity index is 1040. The summed E-state index contributed by atoms with van der Waals surface area (Å²) in [5.74, 6) is 0.122. The fourth-order valence-electron chi connectivity index (χ4n) is 3.06. The number of anilines is 1. The number of aromatic nitrogens is 3. The van der Waals surface area contributed by atoms with Crippen LogP contribution in [0.2, 0.25) is 0 Å². The van der Waals surface area contributed by atoms with Crippen molar-refractivity contribution in [3.8, 4) is 0 Å². The van der Waals surface area contributed by atoms with Crippen LogP contribution in [0.5, 0.6) is 0 Å². The topological polar surface area (TPSA) is 103 Å². The van der Waals surface area contributed by atoms with E-state index in [1.807, 2.05) is 24.6 Å². The molecule has 2 aromatic heterocycles. The summed E-state index contributed by atoms with van der Waals surface area (Å²) in [6.07, 6.45) is 3.83. The standard InChI is InChI=1S/C19H19N5O3/c1-11(2)23-18-16(10-20-23)15(9-17(22-18)12-3-4-12)19(25)21-13-5-7-14(8-6-13)24(26)27/h5-12H,3-4H2,1-2H3,(H,21,25). The van der Waals surface area contributed by atoms with Gasteiger partial charge in [0.25, 0.3) is 11.6 Å². The smallest absolute Gasteiger partial charge is 0.269 e. The first-order valence-electron chi connectivity index (χ1n) is 8.88. The van der Waals surface area contributed by atoms with Crippen LogP contribution in [-0.2, 0) is 0 Å². The third-order valence-electron chi connectivity index (χ3n) is 4.65. The maximum Gasteiger partial charge on any atom is 0.269 e. The Hall–Kier alpha value is -3.29. The molecule has 8 nitrogen and oxygen atoms in total. The predicted octanol–water partition coefficient (Wildman–Crippen LogP) is 4.05. The summed E-state index contributed by atoms with van der Waals surface area (Å²) < 4.78 is 1.82. The van der Waals surface area contributed by atoms with E-state index in [9.17, 15) is 14.9 Å². The first-order valence-corrected chi connectivity index (χ1v) is 8.88. The minimum Gasteiger partial charge on any atom is -0.322 e. The SMILES string of the molecule is CC(C)n1ncc2c(C(=O)Nc3ccc([N+](=O)[O-])cc3)cc(C3CC3)nc21. The van der Waals surface area contributed by atoms with Crippen molar-refractivity contribution < 1.29 is 9.72 Å². The van der Waals surface area contributed by atoms with E-state index in [-0.39, 0.29) is 17.6 Å². The van der Waals surface area contributed by atoms with Gasteiger partial charge in [-0.3, -0.25) is 14.9 Å². The molecule has 1 aliphatic rings. The lowest BCUT2D eigenvalue weighted by molar-refractivity contribution is -0.384. The number of nitrogens with zero attached hydrogens (tertiary/aromatic N) is 4. The largest absolute Gasteiger partial charge is 0.322 e. The van der Waals surface area contributed by atoms with Crippen LogP contribution in [0.25, 0.3) is 11.0 Å². The lowest BCUT2D eigenvalue weighted by Crippen LogP contribution is -2.14. The molecule has 8 heteroatoms. The number of rotatable bonds is 5. The molecule has 0 radical (unpaired) electrons. The number of non-ortho nitro benzene ring substituents is 1. The quantitative estimate of drug-likeness (QED) is 0.543. The second kappa shape index (κ2) is 6.46. The first kappa shape index (κ1) is 17.1. The third kappa shape index (κ3) is 3.25. The molecule has 0 spiro atoms. The minimum atomic E-state index is -0.472. The van der Waals surface area contributed by atoms with Crippen molar-refractivity contribution in [1.82, 2.24) is 14.8 Å². The number of benzene rings is 1. The minimum absolute atomic E-state index is 0.0199. The Morgan fingerprint density at radius 2 is 2.00 bits per heavy atom. The van der Waals surface area contributed by atoms with Crippen LogP contribution >= 0.6 is 0 Å². The molecule has 0 aliphatic heterocycles. The summed E-state index contributed by atoms with van der Waals surface area (Å²) in [6.45, 7) is 4.04. The van der Waals surface area contributed by atoms with E-state index in [1.54, 1.807) is 6.20 Å². The molecular formula is C19H19N5O3. The summed E-state index contributed by atoms with van der Waals surface area (Å²) in [5.41, 5.74) is 2.63. The summed E-state index contributed by atoms with van der Waals surface area (Å²) in [6, 6.07) is 7.75. The number of fused-ring (bicyclic) bond motifs is 1. The number of amides is 1. The number of nitro benzene ring substituents is 1. The molecule has 1 amide bonds. The number of nitro groups is 1. The molecule has 1 aliphatic carbocycles. The highest BCUT2D eigenvalue weighted by atomic mass is 16.6. The number of carbonyl (C=O) groups excluding carboxylic acids is 1. The maximum atomic E-state index is 12.9. The highest BCUT2D eigenvalue weighted by Crippen LogP contribution is 2.40. The molecule has 0 atom stereocenters. The van der Waals surface area contributed by atoms with Gasteiger partial charge in [0.15, 0.2) is 5.65 Å². The van der Waals surface area contributed by atoms with Gasteiger partial charge < -0.3 is 5.32 Å². The number of hydrogen-bond acceptors (Lipinski definition) is 5. The van der Waals surface area contributed by atoms with Gasteiger partial charge in [-0.15, -0.1) is 0 Å². The van der Waals surface area contributed by atoms with Gasteiger partial charge in [0.2, 0.25) is 0 Å². The van der Waals surface area contributed by atoms with Crippen LogP contribution in [0.3, 0.4) is 0 Å². The molecular weight excluding hydrogens is 346 g/mol. The Kier molecular flexibility index (Phi) is 4.10. The van der Waals surface area contributed by atoms with Gasteiger partial charge in [-0.05, 0) is 44.9 Å². The van der Waals surface area contributed by atoms with E-state index in [1.165, 1.54) is 24.3 Å². The first-order chi connectivity index (χ1) is 12.9. The molecule has 27 heavy (non-hydrogen) atoms. The fraction of sp³-hybridized carbons (Fsp3) is 0.316. The van der Waals surface area contributed by atoms with E-state index in [4.69, 9.17) is 4.98 Å². The molecule has 1 N–H and O–H groups in total. The second-order valence-corrected chi connectivity index (χ2v) is 7.05. The van der Waals surface area contributed by atoms with Gasteiger partial charge in [0, 0.05) is 35.5 Å². The van der Waals surface area contributed by atoms with Gasteiger partial charge in [-0.1, -0.05) is 0 Å². The van der Waals surface area contributed by atoms with E-state index in [0.717, 1.165) is 18.5 Å². The lowest BCUT2D eigenvalue weighted by atomic mass is 10.1. The highest BCUT2D eigenvalue weighted by molar-refractivity contribution is 6.12. The number of hydrogen-bond donors (Lipinski definition) is 1. The van der Waals surface area contributed by atoms with Gasteiger partial charge in [-0.25, -0.2) is 9.67 Å². The van der Waals surface area contributed by atoms with Crippen LogP contribution in [-0.4, -0.2) is 25.6 Å². The van der Waals surface area contributed by atoms with Crippen molar-refractivity contribution >= 4 is 28.3 Å². The van der Waals surface area contributed by atoms with Gasteiger partial charge in [0.05, 0.1) is 22.1 Å². The van der Waals surface area contributed by atoms with Gasteiger partial charge in [0.1, 0.15) is 0 Å². The fourth-order valence-corrected chi connectivity index (χ4v) is 3.06. The molecule has 1 saturated carbocycles. The molecule has 0 bridgehead atoms. The zero-order valence-corrected chi connectivity index (χ0v) is 15.0. The summed E-state index contributed by atoms with van der Waals surface area (Å²) >= 11 is 0. The average Bonchev–Trinajstić information content (AvgIpc) is 3.40. The Balaban J connectivity index is 1.71. The van der Waals surface area contributed by atoms with Crippen molar-refractivity contribution in [3.63, 3.8) is 0 Å². The predicted molar refractivity (Wildman–Crippen MR) is 101 cm³/mol. The monoisotopic (exact) mass is 365 g/mol. The second-order valence-electron chi connectivity index (χ2n) is 7.05. The van der Waals surface area contributed by atoms with Crippen molar-refractivity contribution in [2.45, 2.75) is 38.6 Å². The number of carbonyl (C=O) groups is 1. The summed E-state index contributed by atoms with van der Waals surface area (Å²) in [5, 5.41) is 18.7. The van der Waals surface area contributed by atoms with Crippen LogP contribution in [0.15, 0.2) is 36.5 Å². The van der Waals surface area contributed by atoms with Crippen LogP contribution < -0.4 is 5.32 Å². The summed E-state index contributed by atoms with van der Waals surface area (Å²) in [7, 11) is 0. The zero-order chi connectivity index (χ0) is 19.1. The molecule has 0 unspecified atom stereocenters. The van der Waals surface area contributed by atoms with Gasteiger partial charge >= 0.3 is 0 Å². The Labute approximate surface area is 155 Å². The molecule has 1 aromatic carbocycles. The van der Waals surface area contributed by atoms with E-state index in [0.29, 0.717) is 28.2 Å².